The first-order valence-electron chi connectivity index (χ1n) is 6.10. The van der Waals surface area contributed by atoms with Crippen molar-refractivity contribution in [3.05, 3.63) is 0 Å². The average molecular weight is 242 g/mol. The van der Waals surface area contributed by atoms with Crippen molar-refractivity contribution < 1.29 is 14.7 Å². The second kappa shape index (κ2) is 5.49. The summed E-state index contributed by atoms with van der Waals surface area (Å²) in [6.07, 6.45) is 3.99. The SMILES string of the molecule is CNC(C)(C)C(=O)N(CC(=O)O)C1CCCC1. The molecule has 0 aliphatic heterocycles. The lowest BCUT2D eigenvalue weighted by Crippen LogP contribution is -2.56. The van der Waals surface area contributed by atoms with Crippen LogP contribution in [0, 0.1) is 0 Å². The van der Waals surface area contributed by atoms with Crippen LogP contribution in [0.15, 0.2) is 0 Å². The Labute approximate surface area is 102 Å². The molecule has 0 heterocycles. The summed E-state index contributed by atoms with van der Waals surface area (Å²) in [7, 11) is 1.71. The number of rotatable bonds is 5. The average Bonchev–Trinajstić information content (AvgIpc) is 2.77. The van der Waals surface area contributed by atoms with Crippen molar-refractivity contribution >= 4 is 11.9 Å². The summed E-state index contributed by atoms with van der Waals surface area (Å²) in [5, 5.41) is 11.9. The molecule has 0 radical (unpaired) electrons. The Morgan fingerprint density at radius 3 is 2.29 bits per heavy atom. The molecule has 1 fully saturated rings. The van der Waals surface area contributed by atoms with Crippen LogP contribution in [0.5, 0.6) is 0 Å². The number of hydrogen-bond acceptors (Lipinski definition) is 3. The molecule has 1 amide bonds. The van der Waals surface area contributed by atoms with Gasteiger partial charge in [0.2, 0.25) is 5.91 Å². The van der Waals surface area contributed by atoms with E-state index in [0.717, 1.165) is 25.7 Å². The van der Waals surface area contributed by atoms with Crippen molar-refractivity contribution in [1.82, 2.24) is 10.2 Å². The Bertz CT molecular complexity index is 296. The second-order valence-electron chi connectivity index (χ2n) is 5.14. The van der Waals surface area contributed by atoms with Crippen molar-refractivity contribution in [2.45, 2.75) is 51.1 Å². The van der Waals surface area contributed by atoms with E-state index in [1.807, 2.05) is 0 Å². The highest BCUT2D eigenvalue weighted by molar-refractivity contribution is 5.88. The number of aliphatic carboxylic acids is 1. The van der Waals surface area contributed by atoms with E-state index in [4.69, 9.17) is 5.11 Å². The number of carbonyl (C=O) groups is 2. The summed E-state index contributed by atoms with van der Waals surface area (Å²) < 4.78 is 0. The molecule has 0 spiro atoms. The van der Waals surface area contributed by atoms with Gasteiger partial charge in [-0.25, -0.2) is 0 Å². The predicted octanol–water partition coefficient (Wildman–Crippen LogP) is 0.840. The quantitative estimate of drug-likeness (QED) is 0.749. The molecule has 1 aliphatic carbocycles. The lowest BCUT2D eigenvalue weighted by Gasteiger charge is -2.34. The molecule has 1 aliphatic rings. The maximum absolute atomic E-state index is 12.3. The first-order chi connectivity index (χ1) is 7.88. The molecule has 1 saturated carbocycles. The number of nitrogens with zero attached hydrogens (tertiary/aromatic N) is 1. The van der Waals surface area contributed by atoms with Gasteiger partial charge in [-0.1, -0.05) is 12.8 Å². The number of amides is 1. The van der Waals surface area contributed by atoms with E-state index in [9.17, 15) is 9.59 Å². The third-order valence-electron chi connectivity index (χ3n) is 3.49. The van der Waals surface area contributed by atoms with Gasteiger partial charge in [0.05, 0.1) is 5.54 Å². The van der Waals surface area contributed by atoms with Crippen LogP contribution in [0.4, 0.5) is 0 Å². The zero-order valence-electron chi connectivity index (χ0n) is 10.8. The minimum Gasteiger partial charge on any atom is -0.480 e. The normalized spacial score (nSPS) is 17.1. The van der Waals surface area contributed by atoms with Crippen molar-refractivity contribution in [1.29, 1.82) is 0 Å². The molecule has 0 aromatic carbocycles. The molecule has 5 nitrogen and oxygen atoms in total. The van der Waals surface area contributed by atoms with E-state index in [-0.39, 0.29) is 18.5 Å². The van der Waals surface area contributed by atoms with Gasteiger partial charge < -0.3 is 15.3 Å². The highest BCUT2D eigenvalue weighted by atomic mass is 16.4. The number of hydrogen-bond donors (Lipinski definition) is 2. The van der Waals surface area contributed by atoms with Crippen molar-refractivity contribution in [3.8, 4) is 0 Å². The maximum atomic E-state index is 12.3. The van der Waals surface area contributed by atoms with Crippen molar-refractivity contribution in [2.75, 3.05) is 13.6 Å². The van der Waals surface area contributed by atoms with E-state index < -0.39 is 11.5 Å². The van der Waals surface area contributed by atoms with Crippen LogP contribution >= 0.6 is 0 Å². The van der Waals surface area contributed by atoms with Gasteiger partial charge in [-0.15, -0.1) is 0 Å². The van der Waals surface area contributed by atoms with Crippen LogP contribution in [0.1, 0.15) is 39.5 Å². The molecule has 0 aromatic heterocycles. The summed E-state index contributed by atoms with van der Waals surface area (Å²) in [4.78, 5) is 24.7. The Morgan fingerprint density at radius 1 is 1.35 bits per heavy atom. The van der Waals surface area contributed by atoms with E-state index in [1.54, 1.807) is 20.9 Å². The summed E-state index contributed by atoms with van der Waals surface area (Å²) in [6.45, 7) is 3.35. The Kier molecular flexibility index (Phi) is 4.51. The molecule has 17 heavy (non-hydrogen) atoms. The van der Waals surface area contributed by atoms with Crippen LogP contribution in [-0.2, 0) is 9.59 Å². The standard InChI is InChI=1S/C12H22N2O3/c1-12(2,13-3)11(17)14(8-10(15)16)9-6-4-5-7-9/h9,13H,4-8H2,1-3H3,(H,15,16). The second-order valence-corrected chi connectivity index (χ2v) is 5.14. The minimum absolute atomic E-state index is 0.0891. The number of likely N-dealkylation sites (N-methyl/N-ethyl adjacent to an activating group) is 1. The minimum atomic E-state index is -0.947. The molecule has 2 N–H and O–H groups in total. The topological polar surface area (TPSA) is 69.6 Å². The Morgan fingerprint density at radius 2 is 1.88 bits per heavy atom. The van der Waals surface area contributed by atoms with Gasteiger partial charge in [-0.05, 0) is 33.7 Å². The zero-order chi connectivity index (χ0) is 13.1. The van der Waals surface area contributed by atoms with Gasteiger partial charge in [0.25, 0.3) is 0 Å². The molecule has 0 unspecified atom stereocenters. The highest BCUT2D eigenvalue weighted by Crippen LogP contribution is 2.25. The van der Waals surface area contributed by atoms with Gasteiger partial charge in [-0.3, -0.25) is 9.59 Å². The van der Waals surface area contributed by atoms with Gasteiger partial charge in [-0.2, -0.15) is 0 Å². The first-order valence-corrected chi connectivity index (χ1v) is 6.10. The van der Waals surface area contributed by atoms with Crippen LogP contribution in [0.25, 0.3) is 0 Å². The molecule has 1 rings (SSSR count). The first kappa shape index (κ1) is 14.0. The number of carboxylic acids is 1. The summed E-state index contributed by atoms with van der Waals surface area (Å²) in [6, 6.07) is 0.0891. The largest absolute Gasteiger partial charge is 0.480 e. The van der Waals surface area contributed by atoms with E-state index in [0.29, 0.717) is 0 Å². The Balaban J connectivity index is 2.81. The monoisotopic (exact) mass is 242 g/mol. The molecular formula is C12H22N2O3. The third kappa shape index (κ3) is 3.43. The fourth-order valence-corrected chi connectivity index (χ4v) is 2.19. The van der Waals surface area contributed by atoms with Crippen LogP contribution in [0.3, 0.4) is 0 Å². The van der Waals surface area contributed by atoms with Crippen LogP contribution in [0.2, 0.25) is 0 Å². The molecule has 5 heteroatoms. The van der Waals surface area contributed by atoms with Crippen LogP contribution < -0.4 is 5.32 Å². The molecule has 0 bridgehead atoms. The van der Waals surface area contributed by atoms with Gasteiger partial charge in [0.1, 0.15) is 6.54 Å². The number of nitrogens with one attached hydrogen (secondary N) is 1. The van der Waals surface area contributed by atoms with E-state index in [2.05, 4.69) is 5.32 Å². The molecule has 0 aromatic rings. The van der Waals surface area contributed by atoms with Gasteiger partial charge in [0.15, 0.2) is 0 Å². The summed E-state index contributed by atoms with van der Waals surface area (Å²) in [5.41, 5.74) is -0.710. The number of carboxylic acid groups (broad SMARTS) is 1. The van der Waals surface area contributed by atoms with Crippen molar-refractivity contribution in [3.63, 3.8) is 0 Å². The fraction of sp³-hybridized carbons (Fsp3) is 0.833. The smallest absolute Gasteiger partial charge is 0.323 e. The lowest BCUT2D eigenvalue weighted by molar-refractivity contribution is -0.149. The molecule has 0 atom stereocenters. The zero-order valence-corrected chi connectivity index (χ0v) is 10.8. The maximum Gasteiger partial charge on any atom is 0.323 e. The molecule has 0 saturated heterocycles. The Hall–Kier alpha value is -1.10. The highest BCUT2D eigenvalue weighted by Gasteiger charge is 2.36. The summed E-state index contributed by atoms with van der Waals surface area (Å²) in [5.74, 6) is -1.08. The molecule has 98 valence electrons. The lowest BCUT2D eigenvalue weighted by atomic mass is 10.0. The number of carbonyl (C=O) groups excluding carboxylic acids is 1. The van der Waals surface area contributed by atoms with Crippen molar-refractivity contribution in [2.24, 2.45) is 0 Å². The predicted molar refractivity (Wildman–Crippen MR) is 64.7 cm³/mol. The third-order valence-corrected chi connectivity index (χ3v) is 3.49. The fourth-order valence-electron chi connectivity index (χ4n) is 2.19. The van der Waals surface area contributed by atoms with E-state index in [1.165, 1.54) is 4.90 Å². The van der Waals surface area contributed by atoms with Gasteiger partial charge >= 0.3 is 5.97 Å². The van der Waals surface area contributed by atoms with Crippen LogP contribution in [-0.4, -0.2) is 47.1 Å². The van der Waals surface area contributed by atoms with E-state index >= 15 is 0 Å². The molecular weight excluding hydrogens is 220 g/mol. The summed E-state index contributed by atoms with van der Waals surface area (Å²) >= 11 is 0. The van der Waals surface area contributed by atoms with Gasteiger partial charge in [0, 0.05) is 6.04 Å².